The zero-order valence-corrected chi connectivity index (χ0v) is 10.4. The normalized spacial score (nSPS) is 13.6. The van der Waals surface area contributed by atoms with E-state index in [1.807, 2.05) is 6.92 Å². The van der Waals surface area contributed by atoms with Crippen LogP contribution >= 0.6 is 0 Å². The first kappa shape index (κ1) is 17.3. The second-order valence-corrected chi connectivity index (χ2v) is 3.78. The molecule has 0 unspecified atom stereocenters. The van der Waals surface area contributed by atoms with E-state index >= 15 is 0 Å². The zero-order chi connectivity index (χ0) is 12.8. The van der Waals surface area contributed by atoms with Crippen molar-refractivity contribution >= 4 is 11.9 Å². The molecule has 0 aliphatic heterocycles. The molecule has 0 amide bonds. The van der Waals surface area contributed by atoms with Gasteiger partial charge in [-0.3, -0.25) is 9.59 Å². The van der Waals surface area contributed by atoms with E-state index in [1.165, 1.54) is 38.5 Å². The molecule has 1 aliphatic carbocycles. The summed E-state index contributed by atoms with van der Waals surface area (Å²) in [6.45, 7) is 2.92. The zero-order valence-electron chi connectivity index (χ0n) is 10.4. The molecule has 1 fully saturated rings. The van der Waals surface area contributed by atoms with Crippen LogP contribution in [0.2, 0.25) is 0 Å². The molecule has 0 saturated heterocycles. The average Bonchev–Trinajstić information content (AvgIpc) is 2.20. The molecule has 1 aliphatic rings. The molecule has 0 radical (unpaired) electrons. The number of carbonyl (C=O) groups is 2. The molecule has 0 aromatic carbocycles. The Morgan fingerprint density at radius 1 is 0.938 bits per heavy atom. The summed E-state index contributed by atoms with van der Waals surface area (Å²) in [6, 6.07) is 0. The summed E-state index contributed by atoms with van der Waals surface area (Å²) in [6.07, 6.45) is 10.0. The minimum Gasteiger partial charge on any atom is -0.481 e. The minimum absolute atomic E-state index is 0.292. The van der Waals surface area contributed by atoms with Gasteiger partial charge in [0.1, 0.15) is 0 Å². The second-order valence-electron chi connectivity index (χ2n) is 3.78. The Balaban J connectivity index is 0. The lowest BCUT2D eigenvalue weighted by Crippen LogP contribution is -1.90. The summed E-state index contributed by atoms with van der Waals surface area (Å²) in [7, 11) is 0. The van der Waals surface area contributed by atoms with E-state index in [9.17, 15) is 4.79 Å². The van der Waals surface area contributed by atoms with Gasteiger partial charge in [-0.15, -0.1) is 0 Å². The molecule has 96 valence electrons. The second kappa shape index (κ2) is 13.9. The molecule has 0 bridgehead atoms. The summed E-state index contributed by atoms with van der Waals surface area (Å²) in [5.74, 6) is -1.54. The number of hydrogen-bond acceptors (Lipinski definition) is 2. The van der Waals surface area contributed by atoms with Crippen molar-refractivity contribution in [3.63, 3.8) is 0 Å². The molecular formula is C12H24O4. The lowest BCUT2D eigenvalue weighted by molar-refractivity contribution is -0.137. The molecule has 1 saturated carbocycles. The van der Waals surface area contributed by atoms with E-state index in [1.54, 1.807) is 0 Å². The number of carboxylic acids is 2. The third-order valence-corrected chi connectivity index (χ3v) is 1.96. The molecule has 16 heavy (non-hydrogen) atoms. The monoisotopic (exact) mass is 232 g/mol. The van der Waals surface area contributed by atoms with Crippen molar-refractivity contribution in [3.8, 4) is 0 Å². The summed E-state index contributed by atoms with van der Waals surface area (Å²) >= 11 is 0. The maximum absolute atomic E-state index is 9.60. The third kappa shape index (κ3) is 29.3. The van der Waals surface area contributed by atoms with Crippen LogP contribution in [0.3, 0.4) is 0 Å². The predicted octanol–water partition coefficient (Wildman–Crippen LogP) is 3.30. The molecule has 1 rings (SSSR count). The van der Waals surface area contributed by atoms with Crippen molar-refractivity contribution in [2.24, 2.45) is 0 Å². The highest BCUT2D eigenvalue weighted by Crippen LogP contribution is 2.15. The van der Waals surface area contributed by atoms with Gasteiger partial charge in [0, 0.05) is 13.3 Å². The van der Waals surface area contributed by atoms with Crippen molar-refractivity contribution in [3.05, 3.63) is 0 Å². The topological polar surface area (TPSA) is 74.6 Å². The van der Waals surface area contributed by atoms with Crippen molar-refractivity contribution in [1.82, 2.24) is 0 Å². The van der Waals surface area contributed by atoms with Crippen LogP contribution in [-0.4, -0.2) is 22.2 Å². The van der Waals surface area contributed by atoms with Gasteiger partial charge in [-0.05, 0) is 6.42 Å². The highest BCUT2D eigenvalue weighted by atomic mass is 16.4. The smallest absolute Gasteiger partial charge is 0.303 e. The van der Waals surface area contributed by atoms with Crippen molar-refractivity contribution in [1.29, 1.82) is 0 Å². The van der Waals surface area contributed by atoms with E-state index < -0.39 is 11.9 Å². The number of rotatable bonds is 2. The van der Waals surface area contributed by atoms with E-state index in [0.29, 0.717) is 6.42 Å². The standard InChI is InChI=1S/C6H12.C4H8O2.C2H4O2/c1-2-4-6-5-3-1;1-2-3-4(5)6;1-2(3)4/h1-6H2;2-3H2,1H3,(H,5,6);1H3,(H,3,4). The SMILES string of the molecule is C1CCCCC1.CC(=O)O.CCCC(=O)O. The molecule has 0 aromatic rings. The van der Waals surface area contributed by atoms with Gasteiger partial charge in [0.15, 0.2) is 0 Å². The first-order chi connectivity index (χ1) is 7.50. The van der Waals surface area contributed by atoms with E-state index in [2.05, 4.69) is 0 Å². The van der Waals surface area contributed by atoms with Crippen molar-refractivity contribution in [2.45, 2.75) is 65.2 Å². The van der Waals surface area contributed by atoms with Crippen LogP contribution in [0.25, 0.3) is 0 Å². The average molecular weight is 232 g/mol. The highest BCUT2D eigenvalue weighted by Gasteiger charge is 1.95. The Kier molecular flexibility index (Phi) is 15.1. The van der Waals surface area contributed by atoms with Crippen LogP contribution in [0.15, 0.2) is 0 Å². The molecule has 0 atom stereocenters. The quantitative estimate of drug-likeness (QED) is 0.766. The van der Waals surface area contributed by atoms with Crippen LogP contribution in [0.5, 0.6) is 0 Å². The van der Waals surface area contributed by atoms with E-state index in [0.717, 1.165) is 13.3 Å². The highest BCUT2D eigenvalue weighted by molar-refractivity contribution is 5.66. The molecule has 0 spiro atoms. The molecule has 0 aromatic heterocycles. The molecule has 2 N–H and O–H groups in total. The predicted molar refractivity (Wildman–Crippen MR) is 63.6 cm³/mol. The Bertz CT molecular complexity index is 158. The largest absolute Gasteiger partial charge is 0.481 e. The van der Waals surface area contributed by atoms with Gasteiger partial charge in [-0.2, -0.15) is 0 Å². The van der Waals surface area contributed by atoms with Gasteiger partial charge < -0.3 is 10.2 Å². The summed E-state index contributed by atoms with van der Waals surface area (Å²) in [4.78, 5) is 18.6. The van der Waals surface area contributed by atoms with Gasteiger partial charge in [0.25, 0.3) is 5.97 Å². The van der Waals surface area contributed by atoms with E-state index in [4.69, 9.17) is 15.0 Å². The summed E-state index contributed by atoms with van der Waals surface area (Å²) < 4.78 is 0. The fourth-order valence-electron chi connectivity index (χ4n) is 1.27. The summed E-state index contributed by atoms with van der Waals surface area (Å²) in [5, 5.41) is 15.3. The van der Waals surface area contributed by atoms with Gasteiger partial charge >= 0.3 is 5.97 Å². The van der Waals surface area contributed by atoms with E-state index in [-0.39, 0.29) is 0 Å². The molecule has 4 nitrogen and oxygen atoms in total. The first-order valence-electron chi connectivity index (χ1n) is 5.92. The van der Waals surface area contributed by atoms with Crippen LogP contribution in [0.1, 0.15) is 65.2 Å². The summed E-state index contributed by atoms with van der Waals surface area (Å²) in [5.41, 5.74) is 0. The van der Waals surface area contributed by atoms with Gasteiger partial charge in [-0.25, -0.2) is 0 Å². The van der Waals surface area contributed by atoms with Crippen LogP contribution in [0.4, 0.5) is 0 Å². The minimum atomic E-state index is -0.833. The van der Waals surface area contributed by atoms with Crippen molar-refractivity contribution in [2.75, 3.05) is 0 Å². The fraction of sp³-hybridized carbons (Fsp3) is 0.833. The van der Waals surface area contributed by atoms with Crippen molar-refractivity contribution < 1.29 is 19.8 Å². The number of hydrogen-bond donors (Lipinski definition) is 2. The van der Waals surface area contributed by atoms with Gasteiger partial charge in [-0.1, -0.05) is 45.4 Å². The molecule has 0 heterocycles. The first-order valence-corrected chi connectivity index (χ1v) is 5.92. The maximum Gasteiger partial charge on any atom is 0.303 e. The van der Waals surface area contributed by atoms with Gasteiger partial charge in [0.05, 0.1) is 0 Å². The third-order valence-electron chi connectivity index (χ3n) is 1.96. The molecular weight excluding hydrogens is 208 g/mol. The molecule has 4 heteroatoms. The lowest BCUT2D eigenvalue weighted by atomic mass is 10.0. The Morgan fingerprint density at radius 2 is 1.19 bits per heavy atom. The number of aliphatic carboxylic acids is 2. The Morgan fingerprint density at radius 3 is 1.25 bits per heavy atom. The van der Waals surface area contributed by atoms with Crippen LogP contribution in [0, 0.1) is 0 Å². The maximum atomic E-state index is 9.60. The van der Waals surface area contributed by atoms with Gasteiger partial charge in [0.2, 0.25) is 0 Å². The van der Waals surface area contributed by atoms with Crippen LogP contribution in [-0.2, 0) is 9.59 Å². The Hall–Kier alpha value is -1.06. The number of carboxylic acid groups (broad SMARTS) is 2. The Labute approximate surface area is 97.7 Å². The lowest BCUT2D eigenvalue weighted by Gasteiger charge is -2.05. The fourth-order valence-corrected chi connectivity index (χ4v) is 1.27. The van der Waals surface area contributed by atoms with Crippen LogP contribution < -0.4 is 0 Å².